The lowest BCUT2D eigenvalue weighted by atomic mass is 9.62. The number of hydrogen-bond acceptors (Lipinski definition) is 7. The number of fused-ring (bicyclic) bond motifs is 19. The highest BCUT2D eigenvalue weighted by atomic mass is 16.5. The molecule has 0 radical (unpaired) electrons. The van der Waals surface area contributed by atoms with Crippen LogP contribution in [0, 0.1) is 11.8 Å². The zero-order valence-corrected chi connectivity index (χ0v) is 50.1. The van der Waals surface area contributed by atoms with Crippen LogP contribution in [0.2, 0.25) is 0 Å². The Morgan fingerprint density at radius 3 is 1.57 bits per heavy atom. The highest BCUT2D eigenvalue weighted by Gasteiger charge is 2.58. The summed E-state index contributed by atoms with van der Waals surface area (Å²) in [6.07, 6.45) is 28.7. The Morgan fingerprint density at radius 2 is 0.880 bits per heavy atom. The Kier molecular flexibility index (Phi) is 11.7. The maximum absolute atomic E-state index is 7.07. The third-order valence-electron chi connectivity index (χ3n) is 20.5. The van der Waals surface area contributed by atoms with E-state index in [1.165, 1.54) is 33.4 Å². The Hall–Kier alpha value is -11.4. The molecule has 0 saturated heterocycles. The van der Waals surface area contributed by atoms with Crippen LogP contribution in [0.5, 0.6) is 23.0 Å². The number of rotatable bonds is 7. The van der Waals surface area contributed by atoms with Gasteiger partial charge in [-0.2, -0.15) is 0 Å². The average Bonchev–Trinajstić information content (AvgIpc) is 1.48. The van der Waals surface area contributed by atoms with Crippen LogP contribution >= 0.6 is 0 Å². The summed E-state index contributed by atoms with van der Waals surface area (Å²) in [4.78, 5) is 26.1. The summed E-state index contributed by atoms with van der Waals surface area (Å²) < 4.78 is 14.1. The standard InChI is InChI=1S/C85H57N5O2/c1-3-21-52(22-4-1)74-50-76(89-82(87-74)55-39-44-71-80(48-55)91-78-36-17-15-33-69(78)84(71)65-30-12-9-27-60(65)61-28-10-13-31-66(61)84)63-42-41-57(58-25-7-8-26-59(58)63)54-38-43-68-64(47-54)62-29-11-14-32-67(62)85(68)70-34-16-18-37-79(70)92-81-49-56(40-45-72(81)85)83-88-75(53-23-5-2-6-24-53)51-77(90-83)73-35-19-20-46-86-73/h1-5,7-23,25-51,60,62,65,67H,6,24H2. The van der Waals surface area contributed by atoms with Crippen LogP contribution < -0.4 is 9.47 Å². The summed E-state index contributed by atoms with van der Waals surface area (Å²) in [7, 11) is 0. The number of pyridine rings is 1. The zero-order valence-electron chi connectivity index (χ0n) is 50.1. The number of ether oxygens (including phenoxy) is 2. The highest BCUT2D eigenvalue weighted by molar-refractivity contribution is 6.05. The predicted molar refractivity (Wildman–Crippen MR) is 367 cm³/mol. The van der Waals surface area contributed by atoms with Gasteiger partial charge in [-0.3, -0.25) is 4.98 Å². The molecule has 2 aliphatic heterocycles. The molecule has 7 heteroatoms. The minimum absolute atomic E-state index is 0.0655. The third kappa shape index (κ3) is 7.78. The Labute approximate surface area is 533 Å². The molecular formula is C85H57N5O2. The quantitative estimate of drug-likeness (QED) is 0.157. The van der Waals surface area contributed by atoms with Crippen molar-refractivity contribution in [3.63, 3.8) is 0 Å². The zero-order chi connectivity index (χ0) is 60.5. The predicted octanol–water partition coefficient (Wildman–Crippen LogP) is 20.1. The molecule has 7 aliphatic rings. The molecule has 0 fully saturated rings. The van der Waals surface area contributed by atoms with Crippen molar-refractivity contribution >= 4 is 16.3 Å². The van der Waals surface area contributed by atoms with Crippen LogP contribution in [0.4, 0.5) is 0 Å². The van der Waals surface area contributed by atoms with Crippen molar-refractivity contribution in [2.24, 2.45) is 11.8 Å². The van der Waals surface area contributed by atoms with Gasteiger partial charge in [-0.05, 0) is 111 Å². The van der Waals surface area contributed by atoms with E-state index in [0.29, 0.717) is 11.6 Å². The van der Waals surface area contributed by atoms with Crippen LogP contribution in [-0.4, -0.2) is 24.9 Å². The van der Waals surface area contributed by atoms with Gasteiger partial charge in [0.1, 0.15) is 23.0 Å². The third-order valence-corrected chi connectivity index (χ3v) is 20.5. The molecule has 6 unspecified atom stereocenters. The van der Waals surface area contributed by atoms with Crippen molar-refractivity contribution in [3.05, 3.63) is 348 Å². The van der Waals surface area contributed by atoms with Gasteiger partial charge in [0.25, 0.3) is 0 Å². The number of benzene rings is 9. The van der Waals surface area contributed by atoms with Crippen LogP contribution in [0.15, 0.2) is 297 Å². The maximum Gasteiger partial charge on any atom is 0.160 e. The number of hydrogen-bond donors (Lipinski definition) is 0. The molecule has 12 aromatic rings. The van der Waals surface area contributed by atoms with Crippen molar-refractivity contribution in [1.82, 2.24) is 24.9 Å². The van der Waals surface area contributed by atoms with Gasteiger partial charge in [0, 0.05) is 74.4 Å². The van der Waals surface area contributed by atoms with Gasteiger partial charge in [0.2, 0.25) is 0 Å². The van der Waals surface area contributed by atoms with Gasteiger partial charge < -0.3 is 9.47 Å². The summed E-state index contributed by atoms with van der Waals surface area (Å²) in [6.45, 7) is 0. The highest BCUT2D eigenvalue weighted by Crippen LogP contribution is 2.67. The first kappa shape index (κ1) is 52.5. The fourth-order valence-electron chi connectivity index (χ4n) is 16.7. The van der Waals surface area contributed by atoms with Crippen LogP contribution in [0.1, 0.15) is 74.9 Å². The second kappa shape index (κ2) is 20.6. The molecule has 7 nitrogen and oxygen atoms in total. The van der Waals surface area contributed by atoms with E-state index in [1.807, 2.05) is 24.4 Å². The summed E-state index contributed by atoms with van der Waals surface area (Å²) in [5, 5.41) is 2.25. The Morgan fingerprint density at radius 1 is 0.348 bits per heavy atom. The molecule has 0 saturated carbocycles. The average molecular weight is 1180 g/mol. The van der Waals surface area contributed by atoms with Gasteiger partial charge in [0.15, 0.2) is 11.6 Å². The Bertz CT molecular complexity index is 5290. The molecule has 19 rings (SSSR count). The SMILES string of the molecule is C1=CCCC(c2cc(-c3ccccn3)nc(-c3ccc4c(c3)Oc3ccccc3C43c4ccc(-c5ccc(-c6cc(-c7ccccc7)nc(-c7ccc8c(c7)Oc7ccccc7C87c8ccccc8C8C=CC=CC87)n6)c6ccccc56)cc4C4C=CC=CC43)n2)=C1. The molecular weight excluding hydrogens is 1120 g/mol. The molecule has 0 amide bonds. The summed E-state index contributed by atoms with van der Waals surface area (Å²) >= 11 is 0. The van der Waals surface area contributed by atoms with Crippen LogP contribution in [0.3, 0.4) is 0 Å². The molecule has 5 heterocycles. The molecule has 2 spiro atoms. The monoisotopic (exact) mass is 1180 g/mol. The van der Waals surface area contributed by atoms with Crippen molar-refractivity contribution in [2.45, 2.75) is 35.5 Å². The fraction of sp³-hybridized carbons (Fsp3) is 0.0941. The van der Waals surface area contributed by atoms with E-state index < -0.39 is 10.8 Å². The lowest BCUT2D eigenvalue weighted by molar-refractivity contribution is 0.374. The first-order valence-electron chi connectivity index (χ1n) is 32.0. The fourth-order valence-corrected chi connectivity index (χ4v) is 16.7. The second-order valence-electron chi connectivity index (χ2n) is 25.1. The number of allylic oxidation sites excluding steroid dienone is 12. The number of para-hydroxylation sites is 2. The maximum atomic E-state index is 7.07. The number of nitrogens with zero attached hydrogens (tertiary/aromatic N) is 5. The lowest BCUT2D eigenvalue weighted by Crippen LogP contribution is -2.37. The first-order chi connectivity index (χ1) is 45.6. The van der Waals surface area contributed by atoms with Gasteiger partial charge in [0.05, 0.1) is 39.3 Å². The van der Waals surface area contributed by atoms with E-state index in [2.05, 4.69) is 273 Å². The van der Waals surface area contributed by atoms with E-state index in [1.54, 1.807) is 0 Å². The van der Waals surface area contributed by atoms with Crippen LogP contribution in [0.25, 0.3) is 84.2 Å². The Balaban J connectivity index is 0.730. The van der Waals surface area contributed by atoms with Gasteiger partial charge in [-0.1, -0.05) is 243 Å². The van der Waals surface area contributed by atoms with Crippen molar-refractivity contribution in [2.75, 3.05) is 0 Å². The van der Waals surface area contributed by atoms with E-state index in [4.69, 9.17) is 34.4 Å². The largest absolute Gasteiger partial charge is 0.457 e. The number of aromatic nitrogens is 5. The van der Waals surface area contributed by atoms with Crippen LogP contribution in [-0.2, 0) is 10.8 Å². The minimum atomic E-state index is -0.567. The van der Waals surface area contributed by atoms with E-state index in [-0.39, 0.29) is 23.7 Å². The van der Waals surface area contributed by atoms with E-state index >= 15 is 0 Å². The smallest absolute Gasteiger partial charge is 0.160 e. The molecule has 5 aliphatic carbocycles. The van der Waals surface area contributed by atoms with Crippen molar-refractivity contribution in [3.8, 4) is 90.8 Å². The normalized spacial score (nSPS) is 21.1. The molecule has 434 valence electrons. The molecule has 9 aromatic carbocycles. The van der Waals surface area contributed by atoms with Gasteiger partial charge in [-0.25, -0.2) is 19.9 Å². The molecule has 0 bridgehead atoms. The first-order valence-corrected chi connectivity index (χ1v) is 32.0. The van der Waals surface area contributed by atoms with Crippen molar-refractivity contribution < 1.29 is 9.47 Å². The van der Waals surface area contributed by atoms with E-state index in [0.717, 1.165) is 125 Å². The van der Waals surface area contributed by atoms with Crippen molar-refractivity contribution in [1.29, 1.82) is 0 Å². The minimum Gasteiger partial charge on any atom is -0.457 e. The van der Waals surface area contributed by atoms with Gasteiger partial charge in [-0.15, -0.1) is 0 Å². The van der Waals surface area contributed by atoms with Gasteiger partial charge >= 0.3 is 0 Å². The second-order valence-corrected chi connectivity index (χ2v) is 25.1. The van der Waals surface area contributed by atoms with E-state index in [9.17, 15) is 0 Å². The molecule has 6 atom stereocenters. The summed E-state index contributed by atoms with van der Waals surface area (Å²) in [6, 6.07) is 80.8. The molecule has 3 aromatic heterocycles. The summed E-state index contributed by atoms with van der Waals surface area (Å²) in [5.41, 5.74) is 20.4. The summed E-state index contributed by atoms with van der Waals surface area (Å²) in [5.74, 6) is 5.19. The topological polar surface area (TPSA) is 82.9 Å². The lowest BCUT2D eigenvalue weighted by Gasteiger charge is -2.43. The molecule has 0 N–H and O–H groups in total. The molecule has 92 heavy (non-hydrogen) atoms.